The molecule has 0 radical (unpaired) electrons. The van der Waals surface area contributed by atoms with E-state index in [1.165, 1.54) is 89.9 Å². The zero-order valence-electron chi connectivity index (χ0n) is 28.1. The molecule has 0 aromatic heterocycles. The molecule has 0 aliphatic rings. The molecule has 0 aliphatic heterocycles. The summed E-state index contributed by atoms with van der Waals surface area (Å²) in [5, 5.41) is 0. The number of allylic oxidation sites excluding steroid dienone is 2. The van der Waals surface area contributed by atoms with Crippen molar-refractivity contribution in [3.8, 4) is 0 Å². The minimum Gasteiger partial charge on any atom is -0.498 e. The van der Waals surface area contributed by atoms with Gasteiger partial charge in [0.05, 0.1) is 37.9 Å². The summed E-state index contributed by atoms with van der Waals surface area (Å²) in [7, 11) is 0. The highest BCUT2D eigenvalue weighted by molar-refractivity contribution is 6.18. The Kier molecular flexibility index (Phi) is 37.3. The SMILES string of the molecule is CCCCC(CCOCOCOCCC(CCCC)OC=CCCCCCCCCCl)OC=CCCCCCCCCCl. The molecule has 0 spiro atoms. The summed E-state index contributed by atoms with van der Waals surface area (Å²) in [6, 6.07) is 0. The van der Waals surface area contributed by atoms with Crippen molar-refractivity contribution in [3.63, 3.8) is 0 Å². The summed E-state index contributed by atoms with van der Waals surface area (Å²) in [6.45, 7) is 6.16. The van der Waals surface area contributed by atoms with Gasteiger partial charge in [0.25, 0.3) is 0 Å². The Hall–Kier alpha value is -0.460. The largest absolute Gasteiger partial charge is 0.498 e. The molecule has 7 heteroatoms. The van der Waals surface area contributed by atoms with Crippen molar-refractivity contribution in [2.45, 2.75) is 167 Å². The first-order valence-electron chi connectivity index (χ1n) is 17.7. The molecule has 0 bridgehead atoms. The Balaban J connectivity index is 3.88. The van der Waals surface area contributed by atoms with Crippen LogP contribution in [0.5, 0.6) is 0 Å². The molecule has 2 unspecified atom stereocenters. The molecule has 0 heterocycles. The summed E-state index contributed by atoms with van der Waals surface area (Å²) in [5.41, 5.74) is 0. The highest BCUT2D eigenvalue weighted by Crippen LogP contribution is 2.13. The van der Waals surface area contributed by atoms with Crippen LogP contribution in [0.25, 0.3) is 0 Å². The molecular formula is C36H68Cl2O5. The van der Waals surface area contributed by atoms with Crippen molar-refractivity contribution in [2.24, 2.45) is 0 Å². The van der Waals surface area contributed by atoms with E-state index in [4.69, 9.17) is 46.9 Å². The first-order chi connectivity index (χ1) is 21.3. The number of halogens is 2. The smallest absolute Gasteiger partial charge is 0.149 e. The second kappa shape index (κ2) is 37.7. The molecule has 2 atom stereocenters. The third-order valence-electron chi connectivity index (χ3n) is 7.50. The number of alkyl halides is 2. The summed E-state index contributed by atoms with van der Waals surface area (Å²) < 4.78 is 28.9. The van der Waals surface area contributed by atoms with Crippen LogP contribution in [0.3, 0.4) is 0 Å². The van der Waals surface area contributed by atoms with E-state index in [-0.39, 0.29) is 25.8 Å². The molecule has 5 nitrogen and oxygen atoms in total. The highest BCUT2D eigenvalue weighted by atomic mass is 35.5. The third kappa shape index (κ3) is 34.3. The molecule has 256 valence electrons. The van der Waals surface area contributed by atoms with E-state index >= 15 is 0 Å². The van der Waals surface area contributed by atoms with Crippen LogP contribution < -0.4 is 0 Å². The van der Waals surface area contributed by atoms with Gasteiger partial charge in [0.2, 0.25) is 0 Å². The van der Waals surface area contributed by atoms with Crippen molar-refractivity contribution in [2.75, 3.05) is 38.6 Å². The summed E-state index contributed by atoms with van der Waals surface area (Å²) in [4.78, 5) is 0. The topological polar surface area (TPSA) is 46.2 Å². The van der Waals surface area contributed by atoms with E-state index in [0.29, 0.717) is 13.2 Å². The minimum absolute atomic E-state index is 0.198. The van der Waals surface area contributed by atoms with Gasteiger partial charge in [-0.05, 0) is 63.5 Å². The Morgan fingerprint density at radius 3 is 1.26 bits per heavy atom. The average molecular weight is 652 g/mol. The fraction of sp³-hybridized carbons (Fsp3) is 0.889. The lowest BCUT2D eigenvalue weighted by Gasteiger charge is -2.17. The monoisotopic (exact) mass is 650 g/mol. The van der Waals surface area contributed by atoms with Gasteiger partial charge in [0.1, 0.15) is 13.6 Å². The maximum absolute atomic E-state index is 6.02. The van der Waals surface area contributed by atoms with Crippen LogP contribution in [0.2, 0.25) is 0 Å². The minimum atomic E-state index is 0.198. The van der Waals surface area contributed by atoms with Gasteiger partial charge in [-0.15, -0.1) is 23.2 Å². The molecule has 0 N–H and O–H groups in total. The van der Waals surface area contributed by atoms with Gasteiger partial charge in [-0.2, -0.15) is 0 Å². The van der Waals surface area contributed by atoms with E-state index < -0.39 is 0 Å². The molecule has 0 rings (SSSR count). The lowest BCUT2D eigenvalue weighted by atomic mass is 10.1. The quantitative estimate of drug-likeness (QED) is 0.0292. The standard InChI is InChI=1S/C36H68Cl2O5/c1-3-5-23-35(42-29-21-17-13-9-7-11-15-19-27-37)25-31-39-33-41-34-40-32-26-36(24-6-4-2)43-30-22-18-14-10-8-12-16-20-28-38/h21-22,29-30,35-36H,3-20,23-28,31-34H2,1-2H3. The van der Waals surface area contributed by atoms with Crippen LogP contribution >= 0.6 is 23.2 Å². The zero-order chi connectivity index (χ0) is 31.3. The predicted molar refractivity (Wildman–Crippen MR) is 185 cm³/mol. The van der Waals surface area contributed by atoms with Gasteiger partial charge in [-0.3, -0.25) is 0 Å². The molecule has 0 aliphatic carbocycles. The molecule has 43 heavy (non-hydrogen) atoms. The van der Waals surface area contributed by atoms with Crippen molar-refractivity contribution in [3.05, 3.63) is 24.7 Å². The number of unbranched alkanes of at least 4 members (excludes halogenated alkanes) is 14. The van der Waals surface area contributed by atoms with Crippen LogP contribution in [0, 0.1) is 0 Å². The van der Waals surface area contributed by atoms with Gasteiger partial charge in [0, 0.05) is 24.6 Å². The summed E-state index contributed by atoms with van der Waals surface area (Å²) in [6.07, 6.45) is 34.2. The van der Waals surface area contributed by atoms with Crippen LogP contribution in [0.4, 0.5) is 0 Å². The van der Waals surface area contributed by atoms with Gasteiger partial charge < -0.3 is 23.7 Å². The first kappa shape index (κ1) is 42.5. The van der Waals surface area contributed by atoms with Crippen LogP contribution in [-0.2, 0) is 23.7 Å². The molecule has 0 saturated heterocycles. The van der Waals surface area contributed by atoms with Crippen molar-refractivity contribution in [1.82, 2.24) is 0 Å². The molecule has 0 saturated carbocycles. The van der Waals surface area contributed by atoms with Gasteiger partial charge in [-0.25, -0.2) is 0 Å². The second-order valence-corrected chi connectivity index (χ2v) is 12.3. The van der Waals surface area contributed by atoms with Crippen LogP contribution in [0.1, 0.15) is 155 Å². The number of hydrogen-bond acceptors (Lipinski definition) is 5. The fourth-order valence-corrected chi connectivity index (χ4v) is 5.10. The Bertz CT molecular complexity index is 528. The molecule has 0 aromatic carbocycles. The lowest BCUT2D eigenvalue weighted by Crippen LogP contribution is -2.16. The Morgan fingerprint density at radius 2 is 0.860 bits per heavy atom. The summed E-state index contributed by atoms with van der Waals surface area (Å²) in [5.74, 6) is 1.58. The Morgan fingerprint density at radius 1 is 0.465 bits per heavy atom. The first-order valence-corrected chi connectivity index (χ1v) is 18.8. The van der Waals surface area contributed by atoms with Crippen LogP contribution in [-0.4, -0.2) is 50.8 Å². The average Bonchev–Trinajstić information content (AvgIpc) is 3.02. The molecule has 0 aromatic rings. The van der Waals surface area contributed by atoms with Crippen LogP contribution in [0.15, 0.2) is 24.7 Å². The van der Waals surface area contributed by atoms with Crippen molar-refractivity contribution < 1.29 is 23.7 Å². The number of ether oxygens (including phenoxy) is 5. The van der Waals surface area contributed by atoms with E-state index in [1.54, 1.807) is 0 Å². The van der Waals surface area contributed by atoms with Gasteiger partial charge >= 0.3 is 0 Å². The molecular weight excluding hydrogens is 583 g/mol. The fourth-order valence-electron chi connectivity index (χ4n) is 4.72. The van der Waals surface area contributed by atoms with E-state index in [2.05, 4.69) is 26.0 Å². The lowest BCUT2D eigenvalue weighted by molar-refractivity contribution is -0.136. The predicted octanol–water partition coefficient (Wildman–Crippen LogP) is 11.8. The van der Waals surface area contributed by atoms with E-state index in [0.717, 1.165) is 63.1 Å². The maximum atomic E-state index is 6.02. The maximum Gasteiger partial charge on any atom is 0.149 e. The number of rotatable bonds is 36. The van der Waals surface area contributed by atoms with Gasteiger partial charge in [0.15, 0.2) is 0 Å². The van der Waals surface area contributed by atoms with E-state index in [1.807, 2.05) is 12.5 Å². The Labute approximate surface area is 276 Å². The highest BCUT2D eigenvalue weighted by Gasteiger charge is 2.09. The second-order valence-electron chi connectivity index (χ2n) is 11.6. The van der Waals surface area contributed by atoms with E-state index in [9.17, 15) is 0 Å². The normalized spacial score (nSPS) is 13.3. The van der Waals surface area contributed by atoms with Crippen molar-refractivity contribution >= 4 is 23.2 Å². The van der Waals surface area contributed by atoms with Gasteiger partial charge in [-0.1, -0.05) is 90.9 Å². The number of hydrogen-bond donors (Lipinski definition) is 0. The molecule has 0 fully saturated rings. The molecule has 0 amide bonds. The van der Waals surface area contributed by atoms with Crippen molar-refractivity contribution in [1.29, 1.82) is 0 Å². The third-order valence-corrected chi connectivity index (χ3v) is 8.04. The summed E-state index contributed by atoms with van der Waals surface area (Å²) >= 11 is 11.5. The zero-order valence-corrected chi connectivity index (χ0v) is 29.6.